The van der Waals surface area contributed by atoms with Crippen molar-refractivity contribution in [3.63, 3.8) is 0 Å². The van der Waals surface area contributed by atoms with Gasteiger partial charge in [-0.05, 0) is 18.6 Å². The molecule has 0 aliphatic heterocycles. The molecule has 1 aromatic rings. The molecule has 0 aliphatic carbocycles. The van der Waals surface area contributed by atoms with Gasteiger partial charge in [0.1, 0.15) is 5.75 Å². The number of carbonyl (C=O) groups excluding carboxylic acids is 1. The van der Waals surface area contributed by atoms with E-state index in [1.807, 2.05) is 13.0 Å². The molecule has 1 aromatic carbocycles. The third-order valence-electron chi connectivity index (χ3n) is 1.33. The van der Waals surface area contributed by atoms with Crippen LogP contribution >= 0.6 is 11.6 Å². The van der Waals surface area contributed by atoms with Crippen LogP contribution < -0.4 is 4.74 Å². The average Bonchev–Trinajstić information content (AvgIpc) is 1.99. The highest BCUT2D eigenvalue weighted by molar-refractivity contribution is 6.32. The third-order valence-corrected chi connectivity index (χ3v) is 1.82. The minimum absolute atomic E-state index is 0.362. The zero-order valence-electron chi connectivity index (χ0n) is 6.00. The molecular formula is C8H7ClO2. The monoisotopic (exact) mass is 170 g/mol. The van der Waals surface area contributed by atoms with E-state index in [4.69, 9.17) is 11.6 Å². The Hall–Kier alpha value is -1.02. The zero-order chi connectivity index (χ0) is 8.27. The van der Waals surface area contributed by atoms with Gasteiger partial charge in [-0.2, -0.15) is 0 Å². The quantitative estimate of drug-likeness (QED) is 0.636. The summed E-state index contributed by atoms with van der Waals surface area (Å²) in [5, 5.41) is 0.486. The van der Waals surface area contributed by atoms with Crippen LogP contribution in [0.25, 0.3) is 0 Å². The molecule has 0 bridgehead atoms. The van der Waals surface area contributed by atoms with Gasteiger partial charge in [0.05, 0.1) is 5.02 Å². The fraction of sp³-hybridized carbons (Fsp3) is 0.125. The summed E-state index contributed by atoms with van der Waals surface area (Å²) in [5.74, 6) is 0.404. The van der Waals surface area contributed by atoms with E-state index in [0.29, 0.717) is 17.2 Å². The second-order valence-electron chi connectivity index (χ2n) is 2.10. The SMILES string of the molecule is Cc1cccc(OC=O)c1Cl. The van der Waals surface area contributed by atoms with Crippen molar-refractivity contribution in [2.24, 2.45) is 0 Å². The fourth-order valence-electron chi connectivity index (χ4n) is 0.763. The number of aryl methyl sites for hydroxylation is 1. The van der Waals surface area contributed by atoms with Gasteiger partial charge in [0, 0.05) is 0 Å². The Labute approximate surface area is 69.7 Å². The minimum Gasteiger partial charge on any atom is -0.427 e. The summed E-state index contributed by atoms with van der Waals surface area (Å²) in [6, 6.07) is 5.27. The molecule has 2 nitrogen and oxygen atoms in total. The maximum atomic E-state index is 9.96. The molecule has 0 aromatic heterocycles. The third kappa shape index (κ3) is 1.71. The highest BCUT2D eigenvalue weighted by Gasteiger charge is 2.01. The normalized spacial score (nSPS) is 9.27. The fourth-order valence-corrected chi connectivity index (χ4v) is 0.934. The second-order valence-corrected chi connectivity index (χ2v) is 2.48. The first-order chi connectivity index (χ1) is 5.25. The first-order valence-corrected chi connectivity index (χ1v) is 3.49. The van der Waals surface area contributed by atoms with Gasteiger partial charge in [0.2, 0.25) is 0 Å². The number of ether oxygens (including phenoxy) is 1. The summed E-state index contributed by atoms with van der Waals surface area (Å²) in [6.45, 7) is 2.21. The molecule has 0 radical (unpaired) electrons. The van der Waals surface area contributed by atoms with Crippen molar-refractivity contribution in [1.29, 1.82) is 0 Å². The molecular weight excluding hydrogens is 164 g/mol. The molecule has 0 heterocycles. The van der Waals surface area contributed by atoms with E-state index in [1.165, 1.54) is 0 Å². The zero-order valence-corrected chi connectivity index (χ0v) is 6.76. The van der Waals surface area contributed by atoms with Gasteiger partial charge in [0.25, 0.3) is 6.47 Å². The summed E-state index contributed by atoms with van der Waals surface area (Å²) in [5.41, 5.74) is 0.894. The number of rotatable bonds is 2. The number of hydrogen-bond acceptors (Lipinski definition) is 2. The molecule has 0 fully saturated rings. The van der Waals surface area contributed by atoms with Crippen LogP contribution in [0.2, 0.25) is 5.02 Å². The molecule has 1 rings (SSSR count). The summed E-state index contributed by atoms with van der Waals surface area (Å²) < 4.78 is 4.60. The van der Waals surface area contributed by atoms with Crippen molar-refractivity contribution < 1.29 is 9.53 Å². The van der Waals surface area contributed by atoms with Crippen LogP contribution in [0.15, 0.2) is 18.2 Å². The van der Waals surface area contributed by atoms with Gasteiger partial charge in [-0.15, -0.1) is 0 Å². The Balaban J connectivity index is 3.05. The molecule has 0 amide bonds. The van der Waals surface area contributed by atoms with Crippen LogP contribution in [0, 0.1) is 6.92 Å². The highest BCUT2D eigenvalue weighted by Crippen LogP contribution is 2.26. The molecule has 11 heavy (non-hydrogen) atoms. The molecule has 3 heteroatoms. The van der Waals surface area contributed by atoms with E-state index in [0.717, 1.165) is 5.56 Å². The van der Waals surface area contributed by atoms with E-state index in [1.54, 1.807) is 12.1 Å². The Kier molecular flexibility index (Phi) is 2.49. The maximum Gasteiger partial charge on any atom is 0.298 e. The number of halogens is 1. The van der Waals surface area contributed by atoms with Gasteiger partial charge < -0.3 is 4.74 Å². The molecule has 58 valence electrons. The lowest BCUT2D eigenvalue weighted by molar-refractivity contribution is -0.120. The van der Waals surface area contributed by atoms with Crippen molar-refractivity contribution >= 4 is 18.1 Å². The Bertz CT molecular complexity index is 271. The van der Waals surface area contributed by atoms with Crippen LogP contribution in [-0.4, -0.2) is 6.47 Å². The van der Waals surface area contributed by atoms with Crippen molar-refractivity contribution in [2.75, 3.05) is 0 Å². The first-order valence-electron chi connectivity index (χ1n) is 3.11. The number of carbonyl (C=O) groups is 1. The van der Waals surface area contributed by atoms with Crippen molar-refractivity contribution in [3.8, 4) is 5.75 Å². The van der Waals surface area contributed by atoms with Crippen LogP contribution in [0.3, 0.4) is 0 Å². The number of benzene rings is 1. The molecule has 0 aliphatic rings. The topological polar surface area (TPSA) is 26.3 Å². The number of hydrogen-bond donors (Lipinski definition) is 0. The maximum absolute atomic E-state index is 9.96. The molecule has 0 saturated heterocycles. The first kappa shape index (κ1) is 8.08. The lowest BCUT2D eigenvalue weighted by Gasteiger charge is -2.01. The average molecular weight is 171 g/mol. The molecule has 0 spiro atoms. The highest BCUT2D eigenvalue weighted by atomic mass is 35.5. The molecule has 0 unspecified atom stereocenters. The van der Waals surface area contributed by atoms with Crippen LogP contribution in [0.5, 0.6) is 5.75 Å². The minimum atomic E-state index is 0.362. The lowest BCUT2D eigenvalue weighted by atomic mass is 10.2. The molecule has 0 atom stereocenters. The largest absolute Gasteiger partial charge is 0.427 e. The van der Waals surface area contributed by atoms with E-state index in [-0.39, 0.29) is 0 Å². The predicted molar refractivity (Wildman–Crippen MR) is 42.9 cm³/mol. The van der Waals surface area contributed by atoms with E-state index < -0.39 is 0 Å². The molecule has 0 N–H and O–H groups in total. The Morgan fingerprint density at radius 3 is 2.91 bits per heavy atom. The van der Waals surface area contributed by atoms with E-state index >= 15 is 0 Å². The van der Waals surface area contributed by atoms with Crippen LogP contribution in [0.1, 0.15) is 5.56 Å². The summed E-state index contributed by atoms with van der Waals surface area (Å²) >= 11 is 5.79. The van der Waals surface area contributed by atoms with Gasteiger partial charge >= 0.3 is 0 Å². The van der Waals surface area contributed by atoms with Gasteiger partial charge in [-0.1, -0.05) is 23.7 Å². The van der Waals surface area contributed by atoms with Crippen molar-refractivity contribution in [3.05, 3.63) is 28.8 Å². The smallest absolute Gasteiger partial charge is 0.298 e. The molecule has 0 saturated carbocycles. The lowest BCUT2D eigenvalue weighted by Crippen LogP contribution is -1.89. The van der Waals surface area contributed by atoms with Crippen LogP contribution in [0.4, 0.5) is 0 Å². The second kappa shape index (κ2) is 3.39. The van der Waals surface area contributed by atoms with Crippen molar-refractivity contribution in [1.82, 2.24) is 0 Å². The Morgan fingerprint density at radius 1 is 1.55 bits per heavy atom. The van der Waals surface area contributed by atoms with Gasteiger partial charge in [0.15, 0.2) is 0 Å². The van der Waals surface area contributed by atoms with Crippen molar-refractivity contribution in [2.45, 2.75) is 6.92 Å². The van der Waals surface area contributed by atoms with Crippen LogP contribution in [-0.2, 0) is 4.79 Å². The standard InChI is InChI=1S/C8H7ClO2/c1-6-3-2-4-7(8(6)9)11-5-10/h2-5H,1H3. The Morgan fingerprint density at radius 2 is 2.27 bits per heavy atom. The summed E-state index contributed by atoms with van der Waals surface area (Å²) in [4.78, 5) is 9.96. The summed E-state index contributed by atoms with van der Waals surface area (Å²) in [6.07, 6.45) is 0. The summed E-state index contributed by atoms with van der Waals surface area (Å²) in [7, 11) is 0. The van der Waals surface area contributed by atoms with E-state index in [2.05, 4.69) is 4.74 Å². The predicted octanol–water partition coefficient (Wildman–Crippen LogP) is 2.18. The van der Waals surface area contributed by atoms with Gasteiger partial charge in [-0.3, -0.25) is 4.79 Å². The van der Waals surface area contributed by atoms with E-state index in [9.17, 15) is 4.79 Å². The van der Waals surface area contributed by atoms with Gasteiger partial charge in [-0.25, -0.2) is 0 Å².